The lowest BCUT2D eigenvalue weighted by Crippen LogP contribution is -2.53. The number of β-amino-alcohol motifs (C(OH)–C–C–N with tert-alkyl or cyclic N) is 1. The zero-order chi connectivity index (χ0) is 54.2. The first kappa shape index (κ1) is 51.4. The van der Waals surface area contributed by atoms with Crippen LogP contribution in [0.2, 0.25) is 0 Å². The van der Waals surface area contributed by atoms with Gasteiger partial charge in [0.2, 0.25) is 11.8 Å². The number of nitrogens with one attached hydrogen (secondary N) is 1. The number of nitrogens with zero attached hydrogens (tertiary/aromatic N) is 9. The number of phenolic OH excluding ortho intramolecular Hbond substituents is 1. The van der Waals surface area contributed by atoms with Crippen molar-refractivity contribution < 1.29 is 47.6 Å². The molecule has 19 nitrogen and oxygen atoms in total. The Morgan fingerprint density at radius 1 is 0.936 bits per heavy atom. The smallest absolute Gasteiger partial charge is 0.409 e. The summed E-state index contributed by atoms with van der Waals surface area (Å²) >= 11 is 0. The van der Waals surface area contributed by atoms with Crippen LogP contribution < -0.4 is 25.5 Å². The molecule has 6 fully saturated rings. The van der Waals surface area contributed by atoms with Gasteiger partial charge in [0.25, 0.3) is 0 Å². The molecular weight excluding hydrogens is 1010 g/mol. The maximum atomic E-state index is 17.2. The van der Waals surface area contributed by atoms with E-state index in [2.05, 4.69) is 31.0 Å². The number of carbonyl (C=O) groups is 3. The van der Waals surface area contributed by atoms with Gasteiger partial charge in [-0.25, -0.2) is 18.4 Å². The molecule has 6 aliphatic rings. The summed E-state index contributed by atoms with van der Waals surface area (Å²) in [6, 6.07) is 10.4. The van der Waals surface area contributed by atoms with Gasteiger partial charge < -0.3 is 39.1 Å². The van der Waals surface area contributed by atoms with Crippen LogP contribution in [-0.2, 0) is 26.1 Å². The number of ether oxygens (including phenoxy) is 3. The van der Waals surface area contributed by atoms with Gasteiger partial charge in [0.15, 0.2) is 5.82 Å². The van der Waals surface area contributed by atoms with Crippen molar-refractivity contribution >= 4 is 62.1 Å². The lowest BCUT2D eigenvalue weighted by atomic mass is 9.94. The number of anilines is 2. The average molecular weight is 1070 g/mol. The molecule has 12 rings (SSSR count). The number of carbonyl (C=O) groups excluding carboxylic acids is 3. The van der Waals surface area contributed by atoms with E-state index in [0.717, 1.165) is 50.8 Å². The van der Waals surface area contributed by atoms with E-state index in [4.69, 9.17) is 25.6 Å². The molecule has 4 atom stereocenters. The molecule has 408 valence electrons. The highest BCUT2D eigenvalue weighted by Crippen LogP contribution is 2.44. The van der Waals surface area contributed by atoms with E-state index in [1.165, 1.54) is 35.0 Å². The van der Waals surface area contributed by atoms with E-state index in [0.29, 0.717) is 85.7 Å². The highest BCUT2D eigenvalue weighted by atomic mass is 19.1. The summed E-state index contributed by atoms with van der Waals surface area (Å²) < 4.78 is 54.2. The van der Waals surface area contributed by atoms with Crippen LogP contribution in [-0.4, -0.2) is 151 Å². The van der Waals surface area contributed by atoms with Crippen molar-refractivity contribution in [3.63, 3.8) is 0 Å². The number of rotatable bonds is 12. The van der Waals surface area contributed by atoms with E-state index < -0.39 is 34.7 Å². The number of likely N-dealkylation sites (tertiary alicyclic amines) is 1. The number of benzene rings is 3. The Morgan fingerprint density at radius 3 is 2.53 bits per heavy atom. The van der Waals surface area contributed by atoms with Crippen molar-refractivity contribution in [3.8, 4) is 35.4 Å². The molecule has 0 saturated carbocycles. The number of amides is 3. The predicted octanol–water partition coefficient (Wildman–Crippen LogP) is 5.92. The van der Waals surface area contributed by atoms with E-state index >= 15 is 8.78 Å². The Bertz CT molecular complexity index is 3510. The van der Waals surface area contributed by atoms with Gasteiger partial charge in [0.1, 0.15) is 47.9 Å². The molecule has 1 unspecified atom stereocenters. The van der Waals surface area contributed by atoms with Crippen molar-refractivity contribution in [2.24, 2.45) is 13.0 Å². The number of phenols is 1. The number of aromatic hydroxyl groups is 1. The maximum Gasteiger partial charge on any atom is 0.409 e. The minimum Gasteiger partial charge on any atom is -0.508 e. The normalized spacial score (nSPS) is 24.2. The second-order valence-electron chi connectivity index (χ2n) is 22.4. The van der Waals surface area contributed by atoms with Gasteiger partial charge in [-0.1, -0.05) is 12.0 Å². The zero-order valence-corrected chi connectivity index (χ0v) is 43.7. The van der Waals surface area contributed by atoms with Crippen molar-refractivity contribution in [1.82, 2.24) is 39.2 Å². The number of hydrogen-bond acceptors (Lipinski definition) is 15. The summed E-state index contributed by atoms with van der Waals surface area (Å²) in [5.41, 5.74) is 0.314. The Hall–Kier alpha value is -7.41. The molecule has 9 heterocycles. The molecule has 0 radical (unpaired) electrons. The van der Waals surface area contributed by atoms with Crippen molar-refractivity contribution in [2.75, 3.05) is 75.4 Å². The van der Waals surface area contributed by atoms with Crippen LogP contribution in [0.1, 0.15) is 82.7 Å². The number of aryl methyl sites for hydroxylation is 1. The summed E-state index contributed by atoms with van der Waals surface area (Å²) in [7, 11) is 1.69. The van der Waals surface area contributed by atoms with Crippen molar-refractivity contribution in [3.05, 3.63) is 76.3 Å². The molecule has 6 saturated heterocycles. The second-order valence-corrected chi connectivity index (χ2v) is 22.4. The van der Waals surface area contributed by atoms with Gasteiger partial charge in [0.05, 0.1) is 45.8 Å². The quantitative estimate of drug-likeness (QED) is 0.0960. The standard InChI is InChI=1S/C57H62F2N10O9/c1-4-39-42(58)9-7-34-23-37(70)25-40(47(34)39)49-48(59)50-41(26-60-49)51(66-19-5-16-56(2,75)31-66)63-53(62-50)78-32-57-17-6-20-68(57)36(13-18-57)30-77-55(74)65-21-14-33(15-22-65)29-76-38-27-67(28-38)35-8-10-43-45(24-35)64(3)54(73)69(43)44-11-12-46(71)61-52(44)72/h1,7-10,23-26,33,36,38,44,70,75H,5-6,11-22,27-32H2,2-3H3,(H,61,71,72)/t36-,44?,56+,57-/m0/s1. The van der Waals surface area contributed by atoms with Gasteiger partial charge in [-0.15, -0.1) is 6.42 Å². The monoisotopic (exact) mass is 1070 g/mol. The molecule has 3 aromatic carbocycles. The van der Waals surface area contributed by atoms with E-state index in [9.17, 15) is 29.4 Å². The summed E-state index contributed by atoms with van der Waals surface area (Å²) in [6.07, 6.45) is 13.6. The van der Waals surface area contributed by atoms with Crippen LogP contribution >= 0.6 is 0 Å². The Balaban J connectivity index is 0.658. The number of piperidine rings is 3. The number of imidazole rings is 1. The number of fused-ring (bicyclic) bond motifs is 4. The van der Waals surface area contributed by atoms with E-state index in [1.807, 2.05) is 23.1 Å². The molecular formula is C57H62F2N10O9. The summed E-state index contributed by atoms with van der Waals surface area (Å²) in [4.78, 5) is 73.3. The van der Waals surface area contributed by atoms with E-state index in [-0.39, 0.29) is 102 Å². The van der Waals surface area contributed by atoms with Crippen molar-refractivity contribution in [2.45, 2.75) is 100 Å². The van der Waals surface area contributed by atoms with Gasteiger partial charge in [0, 0.05) is 81.6 Å². The highest BCUT2D eigenvalue weighted by Gasteiger charge is 2.50. The van der Waals surface area contributed by atoms with Gasteiger partial charge in [-0.3, -0.25) is 33.9 Å². The summed E-state index contributed by atoms with van der Waals surface area (Å²) in [5, 5.41) is 25.1. The first-order chi connectivity index (χ1) is 37.6. The maximum absolute atomic E-state index is 17.2. The average Bonchev–Trinajstić information content (AvgIpc) is 4.08. The zero-order valence-electron chi connectivity index (χ0n) is 43.7. The van der Waals surface area contributed by atoms with E-state index in [1.54, 1.807) is 23.4 Å². The molecule has 0 spiro atoms. The number of aromatic nitrogens is 5. The molecule has 6 aromatic rings. The molecule has 78 heavy (non-hydrogen) atoms. The molecule has 0 bridgehead atoms. The number of pyridine rings is 1. The highest BCUT2D eigenvalue weighted by molar-refractivity contribution is 6.03. The lowest BCUT2D eigenvalue weighted by Gasteiger charge is -2.41. The Kier molecular flexibility index (Phi) is 13.2. The van der Waals surface area contributed by atoms with Crippen LogP contribution in [0.3, 0.4) is 0 Å². The molecule has 0 aliphatic carbocycles. The molecule has 3 amide bonds. The van der Waals surface area contributed by atoms with Crippen LogP contribution in [0.4, 0.5) is 25.1 Å². The fraction of sp³-hybridized carbons (Fsp3) is 0.491. The fourth-order valence-electron chi connectivity index (χ4n) is 13.0. The van der Waals surface area contributed by atoms with Crippen molar-refractivity contribution in [1.29, 1.82) is 0 Å². The Labute approximate surface area is 448 Å². The number of hydrogen-bond donors (Lipinski definition) is 3. The summed E-state index contributed by atoms with van der Waals surface area (Å²) in [5.74, 6) is 0.559. The van der Waals surface area contributed by atoms with Gasteiger partial charge in [-0.05, 0) is 119 Å². The second kappa shape index (κ2) is 20.1. The molecule has 3 N–H and O–H groups in total. The third-order valence-electron chi connectivity index (χ3n) is 17.2. The third kappa shape index (κ3) is 9.30. The molecule has 6 aliphatic heterocycles. The van der Waals surface area contributed by atoms with Gasteiger partial charge >= 0.3 is 17.8 Å². The van der Waals surface area contributed by atoms with Crippen LogP contribution in [0.15, 0.2) is 53.5 Å². The van der Waals surface area contributed by atoms with Gasteiger partial charge in [-0.2, -0.15) is 9.97 Å². The molecule has 3 aromatic heterocycles. The molecule has 21 heteroatoms. The minimum absolute atomic E-state index is 0.0228. The first-order valence-electron chi connectivity index (χ1n) is 27.1. The SMILES string of the molecule is C#Cc1c(F)ccc2cc(O)cc(-c3ncc4c(N5CCC[C@@](C)(O)C5)nc(OC[C@@]56CCCN5[C@H](COC(=O)N5CCC(COC7CN(c8ccc9c(c8)n(C)c(=O)n9C8CCC(=O)NC8=O)C7)CC5)CC6)nc4c3F)c12. The Morgan fingerprint density at radius 2 is 1.74 bits per heavy atom. The van der Waals surface area contributed by atoms with Crippen LogP contribution in [0.5, 0.6) is 11.8 Å². The number of halogens is 2. The third-order valence-corrected chi connectivity index (χ3v) is 17.2. The predicted molar refractivity (Wildman–Crippen MR) is 285 cm³/mol. The summed E-state index contributed by atoms with van der Waals surface area (Å²) in [6.45, 7) is 6.90. The first-order valence-corrected chi connectivity index (χ1v) is 27.1. The number of aliphatic hydroxyl groups is 1. The topological polar surface area (TPSA) is 210 Å². The number of imide groups is 1. The minimum atomic E-state index is -1.03. The lowest BCUT2D eigenvalue weighted by molar-refractivity contribution is -0.135. The van der Waals surface area contributed by atoms with Crippen LogP contribution in [0, 0.1) is 29.9 Å². The number of terminal acetylenes is 1. The largest absolute Gasteiger partial charge is 0.508 e. The van der Waals surface area contributed by atoms with Crippen LogP contribution in [0.25, 0.3) is 44.0 Å². The fourth-order valence-corrected chi connectivity index (χ4v) is 13.0.